The summed E-state index contributed by atoms with van der Waals surface area (Å²) in [5, 5.41) is 4.93. The summed E-state index contributed by atoms with van der Waals surface area (Å²) < 4.78 is 38.2. The number of rotatable bonds is 5. The van der Waals surface area contributed by atoms with Crippen LogP contribution in [0.25, 0.3) is 0 Å². The van der Waals surface area contributed by atoms with Gasteiger partial charge in [0.2, 0.25) is 5.91 Å². The minimum Gasteiger partial charge on any atom is -0.325 e. The van der Waals surface area contributed by atoms with Gasteiger partial charge in [-0.2, -0.15) is 0 Å². The molecule has 0 aliphatic rings. The highest BCUT2D eigenvalue weighted by molar-refractivity contribution is 5.92. The van der Waals surface area contributed by atoms with Gasteiger partial charge in [-0.25, -0.2) is 13.2 Å². The first-order chi connectivity index (χ1) is 8.04. The average Bonchev–Trinajstić information content (AvgIpc) is 2.26. The van der Waals surface area contributed by atoms with Gasteiger partial charge in [-0.15, -0.1) is 6.58 Å². The molecule has 17 heavy (non-hydrogen) atoms. The number of anilines is 1. The molecule has 0 heterocycles. The third-order valence-electron chi connectivity index (χ3n) is 1.84. The van der Waals surface area contributed by atoms with Gasteiger partial charge in [0.1, 0.15) is 0 Å². The highest BCUT2D eigenvalue weighted by atomic mass is 19.2. The zero-order valence-corrected chi connectivity index (χ0v) is 8.90. The number of hydrogen-bond acceptors (Lipinski definition) is 2. The third-order valence-corrected chi connectivity index (χ3v) is 1.84. The van der Waals surface area contributed by atoms with Crippen LogP contribution < -0.4 is 10.6 Å². The number of carbonyl (C=O) groups is 1. The van der Waals surface area contributed by atoms with Crippen LogP contribution in [0.5, 0.6) is 0 Å². The molecule has 0 fully saturated rings. The molecular formula is C11H11F3N2O. The largest absolute Gasteiger partial charge is 0.325 e. The van der Waals surface area contributed by atoms with Gasteiger partial charge in [-0.05, 0) is 0 Å². The van der Waals surface area contributed by atoms with Crippen LogP contribution >= 0.6 is 0 Å². The Bertz CT molecular complexity index is 412. The molecule has 0 saturated carbocycles. The monoisotopic (exact) mass is 244 g/mol. The van der Waals surface area contributed by atoms with Crippen molar-refractivity contribution in [2.75, 3.05) is 18.4 Å². The second kappa shape index (κ2) is 6.05. The molecule has 0 spiro atoms. The van der Waals surface area contributed by atoms with Crippen LogP contribution in [0.2, 0.25) is 0 Å². The molecule has 0 saturated heterocycles. The highest BCUT2D eigenvalue weighted by Crippen LogP contribution is 2.16. The van der Waals surface area contributed by atoms with E-state index in [1.165, 1.54) is 0 Å². The number of amides is 1. The zero-order chi connectivity index (χ0) is 12.8. The molecule has 1 aromatic rings. The van der Waals surface area contributed by atoms with Crippen molar-refractivity contribution in [3.63, 3.8) is 0 Å². The maximum Gasteiger partial charge on any atom is 0.238 e. The quantitative estimate of drug-likeness (QED) is 0.471. The summed E-state index contributed by atoms with van der Waals surface area (Å²) in [6.45, 7) is 3.83. The van der Waals surface area contributed by atoms with Gasteiger partial charge in [0.25, 0.3) is 0 Å². The standard InChI is InChI=1S/C11H11F3N2O/c1-2-3-15-6-10(17)16-7-4-8(12)11(14)9(13)5-7/h2,4-5,15H,1,3,6H2,(H,16,17). The molecular weight excluding hydrogens is 233 g/mol. The predicted octanol–water partition coefficient (Wildman–Crippen LogP) is 1.82. The third kappa shape index (κ3) is 3.92. The van der Waals surface area contributed by atoms with Crippen LogP contribution in [-0.4, -0.2) is 19.0 Å². The van der Waals surface area contributed by atoms with Crippen molar-refractivity contribution < 1.29 is 18.0 Å². The summed E-state index contributed by atoms with van der Waals surface area (Å²) in [6, 6.07) is 1.42. The van der Waals surface area contributed by atoms with Gasteiger partial charge in [-0.3, -0.25) is 4.79 Å². The van der Waals surface area contributed by atoms with E-state index in [1.54, 1.807) is 6.08 Å². The van der Waals surface area contributed by atoms with Crippen LogP contribution in [0.4, 0.5) is 18.9 Å². The zero-order valence-electron chi connectivity index (χ0n) is 8.90. The molecule has 0 aliphatic carbocycles. The van der Waals surface area contributed by atoms with Crippen molar-refractivity contribution in [1.29, 1.82) is 0 Å². The maximum atomic E-state index is 12.8. The average molecular weight is 244 g/mol. The lowest BCUT2D eigenvalue weighted by Crippen LogP contribution is -2.28. The Morgan fingerprint density at radius 3 is 2.41 bits per heavy atom. The Balaban J connectivity index is 2.62. The molecule has 0 aromatic heterocycles. The summed E-state index contributed by atoms with van der Waals surface area (Å²) >= 11 is 0. The molecule has 0 aliphatic heterocycles. The van der Waals surface area contributed by atoms with E-state index in [0.29, 0.717) is 18.7 Å². The van der Waals surface area contributed by atoms with Gasteiger partial charge in [0.15, 0.2) is 17.5 Å². The van der Waals surface area contributed by atoms with E-state index in [-0.39, 0.29) is 12.2 Å². The molecule has 92 valence electrons. The Hall–Kier alpha value is -1.82. The molecule has 1 aromatic carbocycles. The molecule has 1 amide bonds. The Morgan fingerprint density at radius 1 is 1.29 bits per heavy atom. The summed E-state index contributed by atoms with van der Waals surface area (Å²) in [6.07, 6.45) is 1.56. The van der Waals surface area contributed by atoms with Gasteiger partial charge in [0.05, 0.1) is 6.54 Å². The fourth-order valence-electron chi connectivity index (χ4n) is 1.12. The van der Waals surface area contributed by atoms with E-state index in [2.05, 4.69) is 17.2 Å². The summed E-state index contributed by atoms with van der Waals surface area (Å²) in [4.78, 5) is 11.2. The molecule has 0 unspecified atom stereocenters. The molecule has 0 atom stereocenters. The number of benzene rings is 1. The van der Waals surface area contributed by atoms with E-state index in [9.17, 15) is 18.0 Å². The van der Waals surface area contributed by atoms with Gasteiger partial charge in [-0.1, -0.05) is 6.08 Å². The van der Waals surface area contributed by atoms with E-state index in [4.69, 9.17) is 0 Å². The minimum absolute atomic E-state index is 0.0351. The predicted molar refractivity (Wildman–Crippen MR) is 58.0 cm³/mol. The van der Waals surface area contributed by atoms with E-state index in [0.717, 1.165) is 0 Å². The topological polar surface area (TPSA) is 41.1 Å². The molecule has 0 bridgehead atoms. The number of carbonyl (C=O) groups excluding carboxylic acids is 1. The van der Waals surface area contributed by atoms with Crippen molar-refractivity contribution in [3.8, 4) is 0 Å². The van der Waals surface area contributed by atoms with Crippen LogP contribution in [0, 0.1) is 17.5 Å². The Morgan fingerprint density at radius 2 is 1.88 bits per heavy atom. The lowest BCUT2D eigenvalue weighted by molar-refractivity contribution is -0.115. The first kappa shape index (κ1) is 13.2. The van der Waals surface area contributed by atoms with Crippen molar-refractivity contribution in [3.05, 3.63) is 42.2 Å². The first-order valence-electron chi connectivity index (χ1n) is 4.80. The van der Waals surface area contributed by atoms with Crippen LogP contribution in [-0.2, 0) is 4.79 Å². The lowest BCUT2D eigenvalue weighted by atomic mass is 10.3. The van der Waals surface area contributed by atoms with Gasteiger partial charge >= 0.3 is 0 Å². The molecule has 6 heteroatoms. The molecule has 2 N–H and O–H groups in total. The second-order valence-corrected chi connectivity index (χ2v) is 3.22. The van der Waals surface area contributed by atoms with Crippen molar-refractivity contribution in [1.82, 2.24) is 5.32 Å². The van der Waals surface area contributed by atoms with Gasteiger partial charge < -0.3 is 10.6 Å². The molecule has 0 radical (unpaired) electrons. The van der Waals surface area contributed by atoms with E-state index >= 15 is 0 Å². The van der Waals surface area contributed by atoms with Crippen LogP contribution in [0.1, 0.15) is 0 Å². The Kier molecular flexibility index (Phi) is 4.71. The summed E-state index contributed by atoms with van der Waals surface area (Å²) in [5.41, 5.74) is -0.133. The van der Waals surface area contributed by atoms with Crippen molar-refractivity contribution >= 4 is 11.6 Å². The number of hydrogen-bond donors (Lipinski definition) is 2. The highest BCUT2D eigenvalue weighted by Gasteiger charge is 2.11. The fraction of sp³-hybridized carbons (Fsp3) is 0.182. The van der Waals surface area contributed by atoms with E-state index in [1.807, 2.05) is 0 Å². The van der Waals surface area contributed by atoms with E-state index < -0.39 is 23.4 Å². The molecule has 3 nitrogen and oxygen atoms in total. The van der Waals surface area contributed by atoms with Crippen molar-refractivity contribution in [2.24, 2.45) is 0 Å². The van der Waals surface area contributed by atoms with Gasteiger partial charge in [0, 0.05) is 24.4 Å². The Labute approximate surface area is 96.3 Å². The summed E-state index contributed by atoms with van der Waals surface area (Å²) in [5.74, 6) is -4.75. The number of halogens is 3. The second-order valence-electron chi connectivity index (χ2n) is 3.22. The van der Waals surface area contributed by atoms with Crippen LogP contribution in [0.3, 0.4) is 0 Å². The lowest BCUT2D eigenvalue weighted by Gasteiger charge is -2.06. The molecule has 1 rings (SSSR count). The number of nitrogens with one attached hydrogen (secondary N) is 2. The smallest absolute Gasteiger partial charge is 0.238 e. The fourth-order valence-corrected chi connectivity index (χ4v) is 1.12. The summed E-state index contributed by atoms with van der Waals surface area (Å²) in [7, 11) is 0. The SMILES string of the molecule is C=CCNCC(=O)Nc1cc(F)c(F)c(F)c1. The normalized spacial score (nSPS) is 10.1. The van der Waals surface area contributed by atoms with Crippen LogP contribution in [0.15, 0.2) is 24.8 Å². The van der Waals surface area contributed by atoms with Crippen molar-refractivity contribution in [2.45, 2.75) is 0 Å². The minimum atomic E-state index is -1.56. The maximum absolute atomic E-state index is 12.8. The first-order valence-corrected chi connectivity index (χ1v) is 4.80.